The largest absolute Gasteiger partial charge is 0.325 e. The summed E-state index contributed by atoms with van der Waals surface area (Å²) in [5, 5.41) is 6.00. The maximum absolute atomic E-state index is 11.7. The van der Waals surface area contributed by atoms with Crippen molar-refractivity contribution < 1.29 is 4.79 Å². The smallest absolute Gasteiger partial charge is 0.238 e. The first kappa shape index (κ1) is 15.0. The van der Waals surface area contributed by atoms with E-state index in [1.54, 1.807) is 0 Å². The molecule has 20 heavy (non-hydrogen) atoms. The molecule has 1 heterocycles. The number of hydrogen-bond donors (Lipinski definition) is 2. The minimum atomic E-state index is 0.0192. The predicted octanol–water partition coefficient (Wildman–Crippen LogP) is 2.22. The molecule has 110 valence electrons. The fourth-order valence-electron chi connectivity index (χ4n) is 2.48. The zero-order valence-electron chi connectivity index (χ0n) is 12.3. The van der Waals surface area contributed by atoms with Crippen molar-refractivity contribution in [2.24, 2.45) is 0 Å². The summed E-state index contributed by atoms with van der Waals surface area (Å²) in [6.45, 7) is 6.78. The van der Waals surface area contributed by atoms with Gasteiger partial charge < -0.3 is 10.6 Å². The molecule has 1 saturated heterocycles. The fourth-order valence-corrected chi connectivity index (χ4v) is 2.48. The molecule has 1 aliphatic heterocycles. The van der Waals surface area contributed by atoms with Crippen LogP contribution >= 0.6 is 0 Å². The van der Waals surface area contributed by atoms with Crippen molar-refractivity contribution in [3.05, 3.63) is 29.8 Å². The van der Waals surface area contributed by atoms with Crippen molar-refractivity contribution in [1.29, 1.82) is 0 Å². The fraction of sp³-hybridized carbons (Fsp3) is 0.562. The highest BCUT2D eigenvalue weighted by Crippen LogP contribution is 2.15. The summed E-state index contributed by atoms with van der Waals surface area (Å²) >= 11 is 0. The van der Waals surface area contributed by atoms with Gasteiger partial charge in [0.25, 0.3) is 0 Å². The van der Waals surface area contributed by atoms with Crippen LogP contribution in [-0.4, -0.2) is 37.0 Å². The molecule has 0 aliphatic carbocycles. The molecule has 1 fully saturated rings. The lowest BCUT2D eigenvalue weighted by atomic mass is 10.2. The van der Waals surface area contributed by atoms with Crippen molar-refractivity contribution in [1.82, 2.24) is 10.2 Å². The number of likely N-dealkylation sites (tertiary alicyclic amines) is 1. The second-order valence-electron chi connectivity index (χ2n) is 5.41. The summed E-state index contributed by atoms with van der Waals surface area (Å²) in [5.41, 5.74) is 2.19. The van der Waals surface area contributed by atoms with Gasteiger partial charge in [0.15, 0.2) is 0 Å². The first-order valence-corrected chi connectivity index (χ1v) is 7.60. The molecule has 4 heteroatoms. The maximum atomic E-state index is 11.7. The Kier molecular flexibility index (Phi) is 6.02. The maximum Gasteiger partial charge on any atom is 0.238 e. The quantitative estimate of drug-likeness (QED) is 0.750. The molecule has 0 aromatic heterocycles. The molecule has 2 N–H and O–H groups in total. The summed E-state index contributed by atoms with van der Waals surface area (Å²) in [6, 6.07) is 8.19. The van der Waals surface area contributed by atoms with E-state index in [4.69, 9.17) is 0 Å². The van der Waals surface area contributed by atoms with Crippen LogP contribution in [0.1, 0.15) is 31.7 Å². The monoisotopic (exact) mass is 275 g/mol. The van der Waals surface area contributed by atoms with E-state index in [0.717, 1.165) is 25.2 Å². The first-order valence-electron chi connectivity index (χ1n) is 7.60. The van der Waals surface area contributed by atoms with Crippen molar-refractivity contribution in [2.45, 2.75) is 32.7 Å². The number of carbonyl (C=O) groups is 1. The van der Waals surface area contributed by atoms with E-state index in [2.05, 4.69) is 34.6 Å². The third-order valence-electron chi connectivity index (χ3n) is 3.55. The Bertz CT molecular complexity index is 410. The van der Waals surface area contributed by atoms with Crippen molar-refractivity contribution in [3.63, 3.8) is 0 Å². The van der Waals surface area contributed by atoms with Crippen LogP contribution in [0.15, 0.2) is 24.3 Å². The van der Waals surface area contributed by atoms with Gasteiger partial charge >= 0.3 is 0 Å². The molecule has 0 spiro atoms. The van der Waals surface area contributed by atoms with Gasteiger partial charge in [-0.25, -0.2) is 0 Å². The van der Waals surface area contributed by atoms with Crippen LogP contribution in [0.4, 0.5) is 5.69 Å². The van der Waals surface area contributed by atoms with E-state index in [1.807, 2.05) is 12.1 Å². The molecule has 1 aromatic rings. The second kappa shape index (κ2) is 8.02. The molecule has 4 nitrogen and oxygen atoms in total. The van der Waals surface area contributed by atoms with Crippen molar-refractivity contribution in [3.8, 4) is 0 Å². The Morgan fingerprint density at radius 2 is 1.90 bits per heavy atom. The summed E-state index contributed by atoms with van der Waals surface area (Å²) in [7, 11) is 0. The molecule has 0 saturated carbocycles. The summed E-state index contributed by atoms with van der Waals surface area (Å²) in [4.78, 5) is 14.1. The lowest BCUT2D eigenvalue weighted by Gasteiger charge is -2.14. The topological polar surface area (TPSA) is 44.4 Å². The van der Waals surface area contributed by atoms with E-state index in [0.29, 0.717) is 6.54 Å². The summed E-state index contributed by atoms with van der Waals surface area (Å²) < 4.78 is 0. The van der Waals surface area contributed by atoms with E-state index in [1.165, 1.54) is 31.5 Å². The Hall–Kier alpha value is -1.39. The van der Waals surface area contributed by atoms with Crippen LogP contribution in [0, 0.1) is 0 Å². The van der Waals surface area contributed by atoms with Crippen LogP contribution in [0.3, 0.4) is 0 Å². The molecule has 0 atom stereocenters. The number of nitrogens with zero attached hydrogens (tertiary/aromatic N) is 1. The minimum absolute atomic E-state index is 0.0192. The Morgan fingerprint density at radius 1 is 1.20 bits per heavy atom. The molecule has 0 bridgehead atoms. The number of rotatable bonds is 7. The van der Waals surface area contributed by atoms with Gasteiger partial charge in [-0.2, -0.15) is 0 Å². The number of hydrogen-bond acceptors (Lipinski definition) is 3. The zero-order valence-corrected chi connectivity index (χ0v) is 12.3. The molecule has 1 aromatic carbocycles. The van der Waals surface area contributed by atoms with Crippen LogP contribution < -0.4 is 10.6 Å². The summed E-state index contributed by atoms with van der Waals surface area (Å²) in [6.07, 6.45) is 3.68. The van der Waals surface area contributed by atoms with E-state index < -0.39 is 0 Å². The second-order valence-corrected chi connectivity index (χ2v) is 5.41. The van der Waals surface area contributed by atoms with Gasteiger partial charge in [-0.1, -0.05) is 19.1 Å². The number of carbonyl (C=O) groups excluding carboxylic acids is 1. The number of amides is 1. The van der Waals surface area contributed by atoms with E-state index in [9.17, 15) is 4.79 Å². The highest BCUT2D eigenvalue weighted by Gasteiger charge is 2.11. The van der Waals surface area contributed by atoms with Crippen LogP contribution in [0.5, 0.6) is 0 Å². The van der Waals surface area contributed by atoms with Gasteiger partial charge in [0, 0.05) is 12.2 Å². The highest BCUT2D eigenvalue weighted by atomic mass is 16.1. The first-order chi connectivity index (χ1) is 9.78. The van der Waals surface area contributed by atoms with Gasteiger partial charge in [-0.05, 0) is 56.6 Å². The van der Waals surface area contributed by atoms with Crippen molar-refractivity contribution >= 4 is 11.6 Å². The van der Waals surface area contributed by atoms with Gasteiger partial charge in [0.2, 0.25) is 5.91 Å². The molecule has 0 unspecified atom stereocenters. The average Bonchev–Trinajstić information content (AvgIpc) is 2.94. The third kappa shape index (κ3) is 4.94. The van der Waals surface area contributed by atoms with Gasteiger partial charge in [-0.15, -0.1) is 0 Å². The Morgan fingerprint density at radius 3 is 2.55 bits per heavy atom. The van der Waals surface area contributed by atoms with E-state index >= 15 is 0 Å². The van der Waals surface area contributed by atoms with Crippen LogP contribution in [0.2, 0.25) is 0 Å². The molecule has 2 rings (SSSR count). The Labute approximate surface area is 121 Å². The standard InChI is InChI=1S/C16H25N3O/c1-2-9-17-12-16(20)18-15-7-5-14(6-8-15)13-19-10-3-4-11-19/h5-8,17H,2-4,9-13H2,1H3,(H,18,20). The zero-order chi connectivity index (χ0) is 14.2. The van der Waals surface area contributed by atoms with Gasteiger partial charge in [-0.3, -0.25) is 9.69 Å². The molecular weight excluding hydrogens is 250 g/mol. The third-order valence-corrected chi connectivity index (χ3v) is 3.55. The lowest BCUT2D eigenvalue weighted by Crippen LogP contribution is -2.28. The number of benzene rings is 1. The number of nitrogens with one attached hydrogen (secondary N) is 2. The highest BCUT2D eigenvalue weighted by molar-refractivity contribution is 5.92. The number of anilines is 1. The lowest BCUT2D eigenvalue weighted by molar-refractivity contribution is -0.115. The van der Waals surface area contributed by atoms with Gasteiger partial charge in [0.05, 0.1) is 6.54 Å². The van der Waals surface area contributed by atoms with Crippen LogP contribution in [-0.2, 0) is 11.3 Å². The Balaban J connectivity index is 1.77. The van der Waals surface area contributed by atoms with E-state index in [-0.39, 0.29) is 5.91 Å². The van der Waals surface area contributed by atoms with Crippen molar-refractivity contribution in [2.75, 3.05) is 31.5 Å². The molecular formula is C16H25N3O. The predicted molar refractivity (Wildman–Crippen MR) is 82.7 cm³/mol. The summed E-state index contributed by atoms with van der Waals surface area (Å²) in [5.74, 6) is 0.0192. The average molecular weight is 275 g/mol. The normalized spacial score (nSPS) is 15.4. The van der Waals surface area contributed by atoms with Crippen LogP contribution in [0.25, 0.3) is 0 Å². The minimum Gasteiger partial charge on any atom is -0.325 e. The van der Waals surface area contributed by atoms with Gasteiger partial charge in [0.1, 0.15) is 0 Å². The molecule has 0 radical (unpaired) electrons. The SMILES string of the molecule is CCCNCC(=O)Nc1ccc(CN2CCCC2)cc1. The molecule has 1 aliphatic rings. The molecule has 1 amide bonds.